The van der Waals surface area contributed by atoms with Crippen LogP contribution in [0.25, 0.3) is 0 Å². The maximum atomic E-state index is 11.7. The summed E-state index contributed by atoms with van der Waals surface area (Å²) in [5.41, 5.74) is 6.39. The summed E-state index contributed by atoms with van der Waals surface area (Å²) in [7, 11) is 0. The molecule has 0 spiro atoms. The Morgan fingerprint density at radius 2 is 2.29 bits per heavy atom. The Balaban J connectivity index is 3.10. The van der Waals surface area contributed by atoms with E-state index in [1.54, 1.807) is 13.0 Å². The molecule has 3 N–H and O–H groups in total. The van der Waals surface area contributed by atoms with Crippen LogP contribution >= 0.6 is 23.4 Å². The number of carbonyl (C=O) groups excluding carboxylic acids is 1. The van der Waals surface area contributed by atoms with Crippen molar-refractivity contribution in [1.82, 2.24) is 0 Å². The van der Waals surface area contributed by atoms with Crippen LogP contribution in [0.1, 0.15) is 17.3 Å². The highest BCUT2D eigenvalue weighted by Gasteiger charge is 2.16. The van der Waals surface area contributed by atoms with Crippen LogP contribution in [-0.4, -0.2) is 30.0 Å². The number of hydrogen-bond donors (Lipinski definition) is 2. The van der Waals surface area contributed by atoms with Gasteiger partial charge in [0.1, 0.15) is 0 Å². The van der Waals surface area contributed by atoms with E-state index < -0.39 is 5.97 Å². The van der Waals surface area contributed by atoms with Gasteiger partial charge in [0.15, 0.2) is 0 Å². The van der Waals surface area contributed by atoms with Gasteiger partial charge < -0.3 is 15.6 Å². The molecule has 4 nitrogen and oxygen atoms in total. The van der Waals surface area contributed by atoms with E-state index in [0.29, 0.717) is 26.9 Å². The van der Waals surface area contributed by atoms with Crippen LogP contribution in [0.5, 0.6) is 0 Å². The van der Waals surface area contributed by atoms with Crippen LogP contribution in [0.4, 0.5) is 5.69 Å². The Kier molecular flexibility index (Phi) is 5.61. The molecule has 0 atom stereocenters. The third kappa shape index (κ3) is 3.80. The number of benzene rings is 1. The van der Waals surface area contributed by atoms with Crippen molar-refractivity contribution >= 4 is 35.0 Å². The maximum Gasteiger partial charge on any atom is 0.339 e. The number of nitrogen functional groups attached to an aromatic ring is 1. The van der Waals surface area contributed by atoms with Gasteiger partial charge in [-0.05, 0) is 19.1 Å². The summed E-state index contributed by atoms with van der Waals surface area (Å²) >= 11 is 7.32. The number of carbonyl (C=O) groups is 1. The zero-order valence-electron chi connectivity index (χ0n) is 9.40. The van der Waals surface area contributed by atoms with Gasteiger partial charge in [0.25, 0.3) is 0 Å². The molecule has 0 aliphatic rings. The van der Waals surface area contributed by atoms with E-state index in [1.807, 2.05) is 0 Å². The van der Waals surface area contributed by atoms with E-state index >= 15 is 0 Å². The predicted octanol–water partition coefficient (Wildman–Crippen LogP) is 2.18. The Hall–Kier alpha value is -0.910. The maximum absolute atomic E-state index is 11.7. The smallest absolute Gasteiger partial charge is 0.339 e. The number of hydrogen-bond acceptors (Lipinski definition) is 5. The summed E-state index contributed by atoms with van der Waals surface area (Å²) in [6, 6.07) is 3.10. The lowest BCUT2D eigenvalue weighted by Crippen LogP contribution is -2.08. The molecule has 0 heterocycles. The van der Waals surface area contributed by atoms with Crippen molar-refractivity contribution in [3.05, 3.63) is 22.7 Å². The fourth-order valence-corrected chi connectivity index (χ4v) is 2.45. The summed E-state index contributed by atoms with van der Waals surface area (Å²) in [6.45, 7) is 2.02. The number of esters is 1. The molecular formula is C11H14ClNO3S. The number of rotatable bonds is 5. The topological polar surface area (TPSA) is 72.5 Å². The van der Waals surface area contributed by atoms with Crippen LogP contribution in [0.3, 0.4) is 0 Å². The summed E-state index contributed by atoms with van der Waals surface area (Å²) < 4.78 is 4.93. The molecule has 0 bridgehead atoms. The average Bonchev–Trinajstić information content (AvgIpc) is 2.27. The first-order valence-corrected chi connectivity index (χ1v) is 6.46. The van der Waals surface area contributed by atoms with Crippen molar-refractivity contribution in [1.29, 1.82) is 0 Å². The Morgan fingerprint density at radius 1 is 1.59 bits per heavy atom. The number of thioether (sulfide) groups is 1. The van der Waals surface area contributed by atoms with Crippen LogP contribution in [0, 0.1) is 0 Å². The van der Waals surface area contributed by atoms with Crippen molar-refractivity contribution in [2.45, 2.75) is 11.8 Å². The Morgan fingerprint density at radius 3 is 2.88 bits per heavy atom. The highest BCUT2D eigenvalue weighted by molar-refractivity contribution is 7.99. The van der Waals surface area contributed by atoms with E-state index in [-0.39, 0.29) is 13.2 Å². The molecule has 0 aromatic heterocycles. The van der Waals surface area contributed by atoms with Gasteiger partial charge in [-0.1, -0.05) is 11.6 Å². The first kappa shape index (κ1) is 14.2. The Labute approximate surface area is 109 Å². The zero-order valence-corrected chi connectivity index (χ0v) is 11.0. The molecule has 0 saturated heterocycles. The quantitative estimate of drug-likeness (QED) is 0.490. The molecule has 0 aliphatic heterocycles. The molecule has 6 heteroatoms. The lowest BCUT2D eigenvalue weighted by molar-refractivity contribution is 0.0522. The molecule has 0 unspecified atom stereocenters. The highest BCUT2D eigenvalue weighted by atomic mass is 35.5. The van der Waals surface area contributed by atoms with E-state index in [9.17, 15) is 4.79 Å². The summed E-state index contributed by atoms with van der Waals surface area (Å²) in [4.78, 5) is 12.3. The second kappa shape index (κ2) is 6.74. The first-order valence-electron chi connectivity index (χ1n) is 5.10. The van der Waals surface area contributed by atoms with E-state index in [2.05, 4.69) is 0 Å². The summed E-state index contributed by atoms with van der Waals surface area (Å²) in [6.07, 6.45) is 0. The van der Waals surface area contributed by atoms with Gasteiger partial charge in [-0.2, -0.15) is 0 Å². The second-order valence-corrected chi connectivity index (χ2v) is 4.68. The molecule has 0 radical (unpaired) electrons. The predicted molar refractivity (Wildman–Crippen MR) is 69.6 cm³/mol. The zero-order chi connectivity index (χ0) is 12.8. The SMILES string of the molecule is CCOC(=O)c1cc(N)cc(Cl)c1SCCO. The molecule has 1 rings (SSSR count). The van der Waals surface area contributed by atoms with Gasteiger partial charge in [-0.3, -0.25) is 0 Å². The molecule has 17 heavy (non-hydrogen) atoms. The molecule has 1 aromatic carbocycles. The van der Waals surface area contributed by atoms with Gasteiger partial charge in [0.2, 0.25) is 0 Å². The lowest BCUT2D eigenvalue weighted by atomic mass is 10.2. The van der Waals surface area contributed by atoms with Gasteiger partial charge in [0.05, 0.1) is 23.8 Å². The summed E-state index contributed by atoms with van der Waals surface area (Å²) in [5.74, 6) is -0.00194. The van der Waals surface area contributed by atoms with Crippen molar-refractivity contribution in [2.24, 2.45) is 0 Å². The third-order valence-corrected chi connectivity index (χ3v) is 3.42. The number of nitrogens with two attached hydrogens (primary N) is 1. The van der Waals surface area contributed by atoms with Crippen LogP contribution in [0.15, 0.2) is 17.0 Å². The first-order chi connectivity index (χ1) is 8.10. The average molecular weight is 276 g/mol. The normalized spacial score (nSPS) is 10.3. The molecule has 0 amide bonds. The molecule has 94 valence electrons. The van der Waals surface area contributed by atoms with Crippen molar-refractivity contribution in [2.75, 3.05) is 24.7 Å². The third-order valence-electron chi connectivity index (χ3n) is 1.90. The van der Waals surface area contributed by atoms with Crippen LogP contribution in [-0.2, 0) is 4.74 Å². The molecule has 1 aromatic rings. The number of aliphatic hydroxyl groups is 1. The van der Waals surface area contributed by atoms with Crippen LogP contribution < -0.4 is 5.73 Å². The Bertz CT molecular complexity index is 412. The van der Waals surface area contributed by atoms with E-state index in [0.717, 1.165) is 0 Å². The largest absolute Gasteiger partial charge is 0.462 e. The number of aliphatic hydroxyl groups excluding tert-OH is 1. The molecular weight excluding hydrogens is 262 g/mol. The minimum Gasteiger partial charge on any atom is -0.462 e. The minimum absolute atomic E-state index is 0.00758. The van der Waals surface area contributed by atoms with Crippen molar-refractivity contribution in [3.63, 3.8) is 0 Å². The summed E-state index contributed by atoms with van der Waals surface area (Å²) in [5, 5.41) is 9.20. The number of anilines is 1. The van der Waals surface area contributed by atoms with E-state index in [1.165, 1.54) is 17.8 Å². The monoisotopic (exact) mass is 275 g/mol. The molecule has 0 fully saturated rings. The fraction of sp³-hybridized carbons (Fsp3) is 0.364. The lowest BCUT2D eigenvalue weighted by Gasteiger charge is -2.11. The van der Waals surface area contributed by atoms with Gasteiger partial charge in [-0.25, -0.2) is 4.79 Å². The van der Waals surface area contributed by atoms with Crippen molar-refractivity contribution in [3.8, 4) is 0 Å². The minimum atomic E-state index is -0.456. The number of halogens is 1. The molecule has 0 aliphatic carbocycles. The van der Waals surface area contributed by atoms with Crippen molar-refractivity contribution < 1.29 is 14.6 Å². The number of ether oxygens (including phenoxy) is 1. The fourth-order valence-electron chi connectivity index (χ4n) is 1.27. The standard InChI is InChI=1S/C11H14ClNO3S/c1-2-16-11(15)8-5-7(13)6-9(12)10(8)17-4-3-14/h5-6,14H,2-4,13H2,1H3. The molecule has 0 saturated carbocycles. The van der Waals surface area contributed by atoms with Gasteiger partial charge in [-0.15, -0.1) is 11.8 Å². The van der Waals surface area contributed by atoms with Gasteiger partial charge >= 0.3 is 5.97 Å². The van der Waals surface area contributed by atoms with E-state index in [4.69, 9.17) is 27.2 Å². The highest BCUT2D eigenvalue weighted by Crippen LogP contribution is 2.33. The second-order valence-electron chi connectivity index (χ2n) is 3.17. The van der Waals surface area contributed by atoms with Crippen LogP contribution in [0.2, 0.25) is 5.02 Å². The van der Waals surface area contributed by atoms with Gasteiger partial charge in [0, 0.05) is 16.3 Å².